The van der Waals surface area contributed by atoms with E-state index in [0.29, 0.717) is 6.54 Å². The maximum absolute atomic E-state index is 11.4. The molecule has 0 aliphatic carbocycles. The van der Waals surface area contributed by atoms with Gasteiger partial charge >= 0.3 is 5.97 Å². The number of ether oxygens (including phenoxy) is 1. The summed E-state index contributed by atoms with van der Waals surface area (Å²) in [5.74, 6) is 0.288. The van der Waals surface area contributed by atoms with Crippen molar-refractivity contribution in [2.24, 2.45) is 10.9 Å². The molecule has 0 saturated carbocycles. The van der Waals surface area contributed by atoms with E-state index in [0.717, 1.165) is 23.5 Å². The van der Waals surface area contributed by atoms with E-state index in [2.05, 4.69) is 38.4 Å². The van der Waals surface area contributed by atoms with Gasteiger partial charge in [0.05, 0.1) is 19.6 Å². The lowest BCUT2D eigenvalue weighted by Crippen LogP contribution is -2.39. The minimum atomic E-state index is -0.250. The summed E-state index contributed by atoms with van der Waals surface area (Å²) in [5.41, 5.74) is 1.19. The van der Waals surface area contributed by atoms with Crippen LogP contribution in [0.2, 0.25) is 0 Å². The summed E-state index contributed by atoms with van der Waals surface area (Å²) in [6, 6.07) is 8.18. The molecule has 1 rings (SSSR count). The number of halogens is 1. The van der Waals surface area contributed by atoms with Crippen LogP contribution in [0.4, 0.5) is 0 Å². The average Bonchev–Trinajstić information content (AvgIpc) is 2.52. The Hall–Kier alpha value is -1.56. The summed E-state index contributed by atoms with van der Waals surface area (Å²) < 4.78 is 5.79. The first-order chi connectivity index (χ1) is 10.5. The Bertz CT molecular complexity index is 503. The van der Waals surface area contributed by atoms with Gasteiger partial charge in [0.1, 0.15) is 0 Å². The molecule has 1 unspecified atom stereocenters. The van der Waals surface area contributed by atoms with E-state index >= 15 is 0 Å². The van der Waals surface area contributed by atoms with E-state index in [1.165, 1.54) is 12.7 Å². The van der Waals surface area contributed by atoms with Gasteiger partial charge in [0, 0.05) is 24.6 Å². The van der Waals surface area contributed by atoms with E-state index < -0.39 is 0 Å². The Labute approximate surface area is 140 Å². The number of esters is 1. The number of hydrogen-bond donors (Lipinski definition) is 1. The quantitative estimate of drug-likeness (QED) is 0.475. The van der Waals surface area contributed by atoms with Gasteiger partial charge in [-0.2, -0.15) is 0 Å². The lowest BCUT2D eigenvalue weighted by Gasteiger charge is -2.22. The highest BCUT2D eigenvalue weighted by atomic mass is 79.9. The molecule has 0 aliphatic rings. The van der Waals surface area contributed by atoms with Crippen LogP contribution in [0.5, 0.6) is 0 Å². The van der Waals surface area contributed by atoms with Crippen molar-refractivity contribution in [3.05, 3.63) is 34.3 Å². The van der Waals surface area contributed by atoms with Gasteiger partial charge in [0.25, 0.3) is 0 Å². The van der Waals surface area contributed by atoms with Crippen molar-refractivity contribution in [3.63, 3.8) is 0 Å². The normalized spacial score (nSPS) is 12.7. The topological polar surface area (TPSA) is 53.9 Å². The van der Waals surface area contributed by atoms with E-state index in [1.54, 1.807) is 0 Å². The summed E-state index contributed by atoms with van der Waals surface area (Å²) >= 11 is 3.43. The molecule has 1 aromatic rings. The van der Waals surface area contributed by atoms with Crippen LogP contribution in [0.1, 0.15) is 19.4 Å². The van der Waals surface area contributed by atoms with Gasteiger partial charge in [-0.3, -0.25) is 9.79 Å². The number of guanidine groups is 1. The van der Waals surface area contributed by atoms with Crippen molar-refractivity contribution in [1.29, 1.82) is 0 Å². The molecule has 0 amide bonds. The average molecular weight is 370 g/mol. The zero-order valence-electron chi connectivity index (χ0n) is 13.6. The van der Waals surface area contributed by atoms with Crippen LogP contribution < -0.4 is 5.32 Å². The second-order valence-electron chi connectivity index (χ2n) is 5.10. The third kappa shape index (κ3) is 6.05. The highest BCUT2D eigenvalue weighted by molar-refractivity contribution is 9.10. The van der Waals surface area contributed by atoms with Crippen LogP contribution in [0.25, 0.3) is 0 Å². The fourth-order valence-corrected chi connectivity index (χ4v) is 2.17. The fraction of sp³-hybridized carbons (Fsp3) is 0.500. The Balaban J connectivity index is 2.71. The first kappa shape index (κ1) is 18.5. The molecule has 0 saturated heterocycles. The highest BCUT2D eigenvalue weighted by Gasteiger charge is 2.13. The molecule has 0 spiro atoms. The first-order valence-corrected chi connectivity index (χ1v) is 8.09. The molecule has 0 aliphatic heterocycles. The summed E-state index contributed by atoms with van der Waals surface area (Å²) in [6.07, 6.45) is 0. The summed E-state index contributed by atoms with van der Waals surface area (Å²) in [6.45, 7) is 5.75. The zero-order chi connectivity index (χ0) is 16.5. The number of rotatable bonds is 6. The van der Waals surface area contributed by atoms with Crippen LogP contribution in [0.15, 0.2) is 33.7 Å². The minimum absolute atomic E-state index is 0.241. The molecule has 22 heavy (non-hydrogen) atoms. The standard InChI is InChI=1S/C16H24BrN3O2/c1-5-18-16(19-10-12(2)15(21)22-4)20(3)11-13-6-8-14(17)9-7-13/h6-9,12H,5,10-11H2,1-4H3,(H,18,19). The van der Waals surface area contributed by atoms with E-state index in [4.69, 9.17) is 4.74 Å². The fourth-order valence-electron chi connectivity index (χ4n) is 1.91. The molecule has 6 heteroatoms. The van der Waals surface area contributed by atoms with E-state index in [9.17, 15) is 4.79 Å². The lowest BCUT2D eigenvalue weighted by atomic mass is 10.2. The number of methoxy groups -OCH3 is 1. The van der Waals surface area contributed by atoms with Crippen LogP contribution in [-0.4, -0.2) is 44.1 Å². The summed E-state index contributed by atoms with van der Waals surface area (Å²) in [7, 11) is 3.37. The van der Waals surface area contributed by atoms with Gasteiger partial charge in [-0.25, -0.2) is 0 Å². The highest BCUT2D eigenvalue weighted by Crippen LogP contribution is 2.12. The van der Waals surface area contributed by atoms with Crippen LogP contribution in [0, 0.1) is 5.92 Å². The summed E-state index contributed by atoms with van der Waals surface area (Å²) in [4.78, 5) is 18.0. The number of nitrogens with one attached hydrogen (secondary N) is 1. The van der Waals surface area contributed by atoms with Gasteiger partial charge in [-0.05, 0) is 24.6 Å². The number of benzene rings is 1. The molecular formula is C16H24BrN3O2. The molecule has 122 valence electrons. The molecule has 0 fully saturated rings. The Morgan fingerprint density at radius 1 is 1.41 bits per heavy atom. The molecular weight excluding hydrogens is 346 g/mol. The van der Waals surface area contributed by atoms with Crippen molar-refractivity contribution >= 4 is 27.9 Å². The van der Waals surface area contributed by atoms with Gasteiger partial charge in [-0.15, -0.1) is 0 Å². The molecule has 1 atom stereocenters. The number of carbonyl (C=O) groups is 1. The third-order valence-electron chi connectivity index (χ3n) is 3.15. The molecule has 1 N–H and O–H groups in total. The maximum atomic E-state index is 11.4. The maximum Gasteiger partial charge on any atom is 0.310 e. The molecule has 5 nitrogen and oxygen atoms in total. The Morgan fingerprint density at radius 2 is 2.05 bits per heavy atom. The van der Waals surface area contributed by atoms with Gasteiger partial charge < -0.3 is 15.0 Å². The Kier molecular flexibility index (Phi) is 7.95. The monoisotopic (exact) mass is 369 g/mol. The zero-order valence-corrected chi connectivity index (χ0v) is 15.2. The SMILES string of the molecule is CCNC(=NCC(C)C(=O)OC)N(C)Cc1ccc(Br)cc1. The van der Waals surface area contributed by atoms with E-state index in [1.807, 2.05) is 37.9 Å². The van der Waals surface area contributed by atoms with Crippen molar-refractivity contribution in [1.82, 2.24) is 10.2 Å². The molecule has 0 bridgehead atoms. The third-order valence-corrected chi connectivity index (χ3v) is 3.68. The van der Waals surface area contributed by atoms with E-state index in [-0.39, 0.29) is 11.9 Å². The number of hydrogen-bond acceptors (Lipinski definition) is 3. The molecule has 1 aromatic carbocycles. The largest absolute Gasteiger partial charge is 0.469 e. The summed E-state index contributed by atoms with van der Waals surface area (Å²) in [5, 5.41) is 3.24. The van der Waals surface area contributed by atoms with Crippen molar-refractivity contribution in [2.45, 2.75) is 20.4 Å². The number of carbonyl (C=O) groups excluding carboxylic acids is 1. The van der Waals surface area contributed by atoms with Crippen LogP contribution >= 0.6 is 15.9 Å². The van der Waals surface area contributed by atoms with Crippen molar-refractivity contribution < 1.29 is 9.53 Å². The minimum Gasteiger partial charge on any atom is -0.469 e. The second-order valence-corrected chi connectivity index (χ2v) is 6.02. The lowest BCUT2D eigenvalue weighted by molar-refractivity contribution is -0.144. The second kappa shape index (κ2) is 9.46. The van der Waals surface area contributed by atoms with Crippen LogP contribution in [0.3, 0.4) is 0 Å². The van der Waals surface area contributed by atoms with Gasteiger partial charge in [0.15, 0.2) is 5.96 Å². The predicted molar refractivity (Wildman–Crippen MR) is 92.8 cm³/mol. The molecule has 0 aromatic heterocycles. The number of nitrogens with zero attached hydrogens (tertiary/aromatic N) is 2. The smallest absolute Gasteiger partial charge is 0.310 e. The van der Waals surface area contributed by atoms with Crippen molar-refractivity contribution in [3.8, 4) is 0 Å². The van der Waals surface area contributed by atoms with Gasteiger partial charge in [0.2, 0.25) is 0 Å². The Morgan fingerprint density at radius 3 is 2.59 bits per heavy atom. The predicted octanol–water partition coefficient (Wildman–Crippen LogP) is 2.66. The van der Waals surface area contributed by atoms with Crippen LogP contribution in [-0.2, 0) is 16.1 Å². The first-order valence-electron chi connectivity index (χ1n) is 7.29. The number of aliphatic imine (C=N–C) groups is 1. The van der Waals surface area contributed by atoms with Gasteiger partial charge in [-0.1, -0.05) is 35.0 Å². The molecule has 0 heterocycles. The van der Waals surface area contributed by atoms with Crippen molar-refractivity contribution in [2.75, 3.05) is 27.2 Å². The molecule has 0 radical (unpaired) electrons.